The van der Waals surface area contributed by atoms with E-state index in [-0.39, 0.29) is 0 Å². The molecule has 0 N–H and O–H groups in total. The van der Waals surface area contributed by atoms with Gasteiger partial charge >= 0.3 is 0 Å². The second kappa shape index (κ2) is 5.39. The van der Waals surface area contributed by atoms with E-state index in [0.717, 1.165) is 11.4 Å². The summed E-state index contributed by atoms with van der Waals surface area (Å²) < 4.78 is 0. The third-order valence-electron chi connectivity index (χ3n) is 2.59. The van der Waals surface area contributed by atoms with Crippen molar-refractivity contribution in [1.82, 2.24) is 0 Å². The molecule has 0 amide bonds. The van der Waals surface area contributed by atoms with Gasteiger partial charge in [0.05, 0.1) is 11.4 Å². The Labute approximate surface area is 102 Å². The van der Waals surface area contributed by atoms with Crippen molar-refractivity contribution in [3.05, 3.63) is 60.2 Å². The van der Waals surface area contributed by atoms with Gasteiger partial charge in [0.1, 0.15) is 0 Å². The van der Waals surface area contributed by atoms with Crippen LogP contribution in [-0.2, 0) is 0 Å². The van der Waals surface area contributed by atoms with Crippen molar-refractivity contribution in [3.8, 4) is 0 Å². The summed E-state index contributed by atoms with van der Waals surface area (Å²) in [7, 11) is 0. The molecule has 2 aromatic carbocycles. The summed E-state index contributed by atoms with van der Waals surface area (Å²) in [6.45, 7) is 4.33. The quantitative estimate of drug-likeness (QED) is 0.638. The van der Waals surface area contributed by atoms with Crippen molar-refractivity contribution >= 4 is 11.4 Å². The zero-order valence-corrected chi connectivity index (χ0v) is 10.2. The Morgan fingerprint density at radius 2 is 1.41 bits per heavy atom. The highest BCUT2D eigenvalue weighted by Crippen LogP contribution is 2.27. The van der Waals surface area contributed by atoms with Crippen LogP contribution in [0.25, 0.3) is 0 Å². The van der Waals surface area contributed by atoms with Crippen LogP contribution in [0.3, 0.4) is 0 Å². The highest BCUT2D eigenvalue weighted by Gasteiger charge is 2.04. The lowest BCUT2D eigenvalue weighted by molar-refractivity contribution is 0.864. The summed E-state index contributed by atoms with van der Waals surface area (Å²) in [6.07, 6.45) is 0. The summed E-state index contributed by atoms with van der Waals surface area (Å²) >= 11 is 0. The molecular weight excluding hydrogens is 208 g/mol. The predicted molar refractivity (Wildman–Crippen MR) is 71.1 cm³/mol. The van der Waals surface area contributed by atoms with Crippen LogP contribution in [0.4, 0.5) is 11.4 Å². The number of benzene rings is 2. The van der Waals surface area contributed by atoms with Crippen LogP contribution in [0.1, 0.15) is 25.3 Å². The fraction of sp³-hybridized carbons (Fsp3) is 0.200. The van der Waals surface area contributed by atoms with Gasteiger partial charge < -0.3 is 0 Å². The maximum Gasteiger partial charge on any atom is 0.0891 e. The Hall–Kier alpha value is -1.96. The van der Waals surface area contributed by atoms with Gasteiger partial charge in [-0.05, 0) is 29.7 Å². The number of hydrogen-bond acceptors (Lipinski definition) is 2. The first-order valence-electron chi connectivity index (χ1n) is 5.83. The second-order valence-electron chi connectivity index (χ2n) is 4.25. The predicted octanol–water partition coefficient (Wildman–Crippen LogP) is 5.23. The van der Waals surface area contributed by atoms with Crippen LogP contribution >= 0.6 is 0 Å². The van der Waals surface area contributed by atoms with Crippen LogP contribution in [0.2, 0.25) is 0 Å². The van der Waals surface area contributed by atoms with E-state index in [4.69, 9.17) is 0 Å². The van der Waals surface area contributed by atoms with Gasteiger partial charge in [-0.25, -0.2) is 0 Å². The average molecular weight is 224 g/mol. The van der Waals surface area contributed by atoms with E-state index in [2.05, 4.69) is 30.1 Å². The SMILES string of the molecule is CC(C)c1ccccc1/N=N/c1ccccc1. The molecule has 0 aliphatic heterocycles. The minimum absolute atomic E-state index is 0.459. The topological polar surface area (TPSA) is 24.7 Å². The molecule has 0 aromatic heterocycles. The lowest BCUT2D eigenvalue weighted by atomic mass is 10.0. The zero-order chi connectivity index (χ0) is 12.1. The van der Waals surface area contributed by atoms with E-state index >= 15 is 0 Å². The molecular formula is C15H16N2. The molecule has 0 radical (unpaired) electrons. The van der Waals surface area contributed by atoms with E-state index in [1.807, 2.05) is 48.5 Å². The van der Waals surface area contributed by atoms with Gasteiger partial charge in [-0.2, -0.15) is 10.2 Å². The molecule has 2 heteroatoms. The summed E-state index contributed by atoms with van der Waals surface area (Å²) in [5, 5.41) is 8.57. The van der Waals surface area contributed by atoms with Crippen LogP contribution in [-0.4, -0.2) is 0 Å². The first kappa shape index (κ1) is 11.5. The van der Waals surface area contributed by atoms with Gasteiger partial charge in [-0.1, -0.05) is 50.2 Å². The van der Waals surface area contributed by atoms with Crippen molar-refractivity contribution in [3.63, 3.8) is 0 Å². The first-order valence-corrected chi connectivity index (χ1v) is 5.83. The van der Waals surface area contributed by atoms with E-state index in [1.54, 1.807) is 0 Å². The fourth-order valence-electron chi connectivity index (χ4n) is 1.67. The summed E-state index contributed by atoms with van der Waals surface area (Å²) in [5.74, 6) is 0.459. The minimum Gasteiger partial charge on any atom is -0.151 e. The Morgan fingerprint density at radius 1 is 0.765 bits per heavy atom. The molecule has 0 heterocycles. The van der Waals surface area contributed by atoms with Gasteiger partial charge in [0, 0.05) is 0 Å². The molecule has 2 nitrogen and oxygen atoms in total. The highest BCUT2D eigenvalue weighted by molar-refractivity contribution is 5.47. The highest BCUT2D eigenvalue weighted by atomic mass is 15.1. The largest absolute Gasteiger partial charge is 0.151 e. The first-order chi connectivity index (χ1) is 8.27. The molecule has 0 fully saturated rings. The van der Waals surface area contributed by atoms with Crippen LogP contribution < -0.4 is 0 Å². The van der Waals surface area contributed by atoms with Crippen LogP contribution in [0, 0.1) is 0 Å². The Morgan fingerprint density at radius 3 is 2.12 bits per heavy atom. The third-order valence-corrected chi connectivity index (χ3v) is 2.59. The van der Waals surface area contributed by atoms with Crippen LogP contribution in [0.15, 0.2) is 64.8 Å². The number of hydrogen-bond donors (Lipinski definition) is 0. The van der Waals surface area contributed by atoms with Gasteiger partial charge in [0.25, 0.3) is 0 Å². The summed E-state index contributed by atoms with van der Waals surface area (Å²) in [5.41, 5.74) is 3.06. The van der Waals surface area contributed by atoms with E-state index in [1.165, 1.54) is 5.56 Å². The monoisotopic (exact) mass is 224 g/mol. The van der Waals surface area contributed by atoms with Crippen molar-refractivity contribution in [2.75, 3.05) is 0 Å². The molecule has 86 valence electrons. The van der Waals surface area contributed by atoms with Gasteiger partial charge in [0.2, 0.25) is 0 Å². The molecule has 0 unspecified atom stereocenters. The molecule has 0 atom stereocenters. The van der Waals surface area contributed by atoms with Gasteiger partial charge in [-0.15, -0.1) is 0 Å². The molecule has 2 aromatic rings. The Kier molecular flexibility index (Phi) is 3.66. The van der Waals surface area contributed by atoms with Gasteiger partial charge in [0.15, 0.2) is 0 Å². The fourth-order valence-corrected chi connectivity index (χ4v) is 1.67. The molecule has 17 heavy (non-hydrogen) atoms. The van der Waals surface area contributed by atoms with Crippen molar-refractivity contribution < 1.29 is 0 Å². The summed E-state index contributed by atoms with van der Waals surface area (Å²) in [6, 6.07) is 17.9. The van der Waals surface area contributed by atoms with Crippen LogP contribution in [0.5, 0.6) is 0 Å². The minimum atomic E-state index is 0.459. The number of rotatable bonds is 3. The Balaban J connectivity index is 2.27. The molecule has 0 saturated heterocycles. The average Bonchev–Trinajstić information content (AvgIpc) is 2.38. The molecule has 0 aliphatic rings. The normalized spacial score (nSPS) is 11.2. The molecule has 0 saturated carbocycles. The second-order valence-corrected chi connectivity index (χ2v) is 4.25. The standard InChI is InChI=1S/C15H16N2/c1-12(2)14-10-6-7-11-15(14)17-16-13-8-4-3-5-9-13/h3-12H,1-2H3/b17-16+. The van der Waals surface area contributed by atoms with Crippen molar-refractivity contribution in [1.29, 1.82) is 0 Å². The zero-order valence-electron chi connectivity index (χ0n) is 10.2. The lowest BCUT2D eigenvalue weighted by Gasteiger charge is -2.07. The smallest absolute Gasteiger partial charge is 0.0891 e. The maximum absolute atomic E-state index is 4.32. The maximum atomic E-state index is 4.32. The number of azo groups is 1. The lowest BCUT2D eigenvalue weighted by Crippen LogP contribution is -1.86. The van der Waals surface area contributed by atoms with E-state index in [9.17, 15) is 0 Å². The molecule has 2 rings (SSSR count). The summed E-state index contributed by atoms with van der Waals surface area (Å²) in [4.78, 5) is 0. The van der Waals surface area contributed by atoms with Crippen molar-refractivity contribution in [2.24, 2.45) is 10.2 Å². The van der Waals surface area contributed by atoms with Gasteiger partial charge in [-0.3, -0.25) is 0 Å². The molecule has 0 spiro atoms. The number of nitrogens with zero attached hydrogens (tertiary/aromatic N) is 2. The molecule has 0 bridgehead atoms. The Bertz CT molecular complexity index is 501. The molecule has 0 aliphatic carbocycles. The van der Waals surface area contributed by atoms with E-state index < -0.39 is 0 Å². The van der Waals surface area contributed by atoms with E-state index in [0.29, 0.717) is 5.92 Å². The third kappa shape index (κ3) is 3.00. The van der Waals surface area contributed by atoms with Crippen molar-refractivity contribution in [2.45, 2.75) is 19.8 Å².